The van der Waals surface area contributed by atoms with Gasteiger partial charge in [0.05, 0.1) is 10.6 Å². The zero-order valence-corrected chi connectivity index (χ0v) is 13.5. The number of furan rings is 1. The van der Waals surface area contributed by atoms with E-state index in [1.807, 2.05) is 18.2 Å². The van der Waals surface area contributed by atoms with Crippen LogP contribution in [0.1, 0.15) is 10.4 Å². The summed E-state index contributed by atoms with van der Waals surface area (Å²) in [5.74, 6) is -0.314. The van der Waals surface area contributed by atoms with Crippen LogP contribution in [0.2, 0.25) is 5.02 Å². The Labute approximate surface area is 137 Å². The van der Waals surface area contributed by atoms with E-state index in [1.165, 1.54) is 17.6 Å². The maximum absolute atomic E-state index is 12.0. The highest BCUT2D eigenvalue weighted by Crippen LogP contribution is 2.31. The van der Waals surface area contributed by atoms with Crippen molar-refractivity contribution in [3.8, 4) is 10.6 Å². The Bertz CT molecular complexity index is 802. The Balaban J connectivity index is 1.80. The molecular formula is C13H7BrClN3O2S. The van der Waals surface area contributed by atoms with Crippen LogP contribution in [0, 0.1) is 0 Å². The summed E-state index contributed by atoms with van der Waals surface area (Å²) in [6.07, 6.45) is 1.36. The Morgan fingerprint density at radius 2 is 2.14 bits per heavy atom. The number of aromatic nitrogens is 2. The van der Waals surface area contributed by atoms with Crippen LogP contribution >= 0.6 is 38.9 Å². The molecule has 0 aliphatic carbocycles. The smallest absolute Gasteiger partial charge is 0.260 e. The summed E-state index contributed by atoms with van der Waals surface area (Å²) in [7, 11) is 0. The van der Waals surface area contributed by atoms with Gasteiger partial charge in [-0.15, -0.1) is 10.2 Å². The number of nitrogens with one attached hydrogen (secondary N) is 1. The summed E-state index contributed by atoms with van der Waals surface area (Å²) >= 11 is 10.5. The molecule has 0 aliphatic heterocycles. The van der Waals surface area contributed by atoms with E-state index in [2.05, 4.69) is 31.4 Å². The van der Waals surface area contributed by atoms with E-state index in [0.29, 0.717) is 25.4 Å². The van der Waals surface area contributed by atoms with Gasteiger partial charge in [-0.3, -0.25) is 10.1 Å². The van der Waals surface area contributed by atoms with Gasteiger partial charge in [-0.2, -0.15) is 0 Å². The van der Waals surface area contributed by atoms with E-state index in [4.69, 9.17) is 16.0 Å². The summed E-state index contributed by atoms with van der Waals surface area (Å²) in [6, 6.07) is 8.91. The van der Waals surface area contributed by atoms with Gasteiger partial charge in [0.1, 0.15) is 6.26 Å². The largest absolute Gasteiger partial charge is 0.457 e. The van der Waals surface area contributed by atoms with Crippen LogP contribution in [-0.4, -0.2) is 16.1 Å². The number of rotatable bonds is 3. The van der Waals surface area contributed by atoms with E-state index in [1.54, 1.807) is 12.1 Å². The fraction of sp³-hybridized carbons (Fsp3) is 0. The molecule has 0 unspecified atom stereocenters. The SMILES string of the molecule is O=C(Nc1nnc(-c2ccccc2Cl)s1)c1coc(Br)c1. The van der Waals surface area contributed by atoms with Gasteiger partial charge in [0.2, 0.25) is 5.13 Å². The first-order valence-corrected chi connectivity index (χ1v) is 7.76. The second-order valence-electron chi connectivity index (χ2n) is 3.99. The lowest BCUT2D eigenvalue weighted by molar-refractivity contribution is 0.102. The topological polar surface area (TPSA) is 68.0 Å². The van der Waals surface area contributed by atoms with E-state index in [0.717, 1.165) is 5.56 Å². The molecule has 8 heteroatoms. The van der Waals surface area contributed by atoms with Crippen molar-refractivity contribution in [3.63, 3.8) is 0 Å². The van der Waals surface area contributed by atoms with E-state index in [-0.39, 0.29) is 5.91 Å². The molecule has 0 fully saturated rings. The van der Waals surface area contributed by atoms with Crippen molar-refractivity contribution >= 4 is 49.9 Å². The second kappa shape index (κ2) is 5.97. The molecule has 21 heavy (non-hydrogen) atoms. The van der Waals surface area contributed by atoms with Gasteiger partial charge in [0, 0.05) is 11.6 Å². The van der Waals surface area contributed by atoms with Crippen LogP contribution in [0.5, 0.6) is 0 Å². The molecule has 5 nitrogen and oxygen atoms in total. The van der Waals surface area contributed by atoms with Gasteiger partial charge in [-0.1, -0.05) is 41.1 Å². The molecule has 0 saturated heterocycles. The normalized spacial score (nSPS) is 10.6. The summed E-state index contributed by atoms with van der Waals surface area (Å²) < 4.78 is 5.51. The van der Waals surface area contributed by atoms with Gasteiger partial charge in [-0.05, 0) is 22.0 Å². The molecule has 0 saturated carbocycles. The predicted molar refractivity (Wildman–Crippen MR) is 84.7 cm³/mol. The van der Waals surface area contributed by atoms with Crippen molar-refractivity contribution in [1.82, 2.24) is 10.2 Å². The first-order valence-electron chi connectivity index (χ1n) is 5.77. The molecular weight excluding hydrogens is 378 g/mol. The molecule has 0 aliphatic rings. The molecule has 2 aromatic heterocycles. The maximum Gasteiger partial charge on any atom is 0.260 e. The summed E-state index contributed by atoms with van der Waals surface area (Å²) in [5, 5.41) is 12.3. The minimum Gasteiger partial charge on any atom is -0.457 e. The molecule has 3 aromatic rings. The quantitative estimate of drug-likeness (QED) is 0.723. The van der Waals surface area contributed by atoms with Gasteiger partial charge in [-0.25, -0.2) is 0 Å². The number of hydrogen-bond acceptors (Lipinski definition) is 5. The molecule has 1 amide bonds. The van der Waals surface area contributed by atoms with Crippen LogP contribution < -0.4 is 5.32 Å². The minimum atomic E-state index is -0.314. The number of halogens is 2. The summed E-state index contributed by atoms with van der Waals surface area (Å²) in [4.78, 5) is 12.0. The monoisotopic (exact) mass is 383 g/mol. The van der Waals surface area contributed by atoms with Gasteiger partial charge < -0.3 is 4.42 Å². The Morgan fingerprint density at radius 1 is 1.33 bits per heavy atom. The van der Waals surface area contributed by atoms with Crippen molar-refractivity contribution in [3.05, 3.63) is 51.9 Å². The Morgan fingerprint density at radius 3 is 2.86 bits per heavy atom. The summed E-state index contributed by atoms with van der Waals surface area (Å²) in [5.41, 5.74) is 1.18. The van der Waals surface area contributed by atoms with Gasteiger partial charge in [0.15, 0.2) is 9.68 Å². The molecule has 0 atom stereocenters. The maximum atomic E-state index is 12.0. The van der Waals surface area contributed by atoms with Gasteiger partial charge >= 0.3 is 0 Å². The molecule has 1 aromatic carbocycles. The molecule has 0 radical (unpaired) electrons. The number of benzene rings is 1. The van der Waals surface area contributed by atoms with Crippen LogP contribution in [0.15, 0.2) is 45.7 Å². The fourth-order valence-electron chi connectivity index (χ4n) is 1.62. The lowest BCUT2D eigenvalue weighted by Gasteiger charge is -1.97. The molecule has 2 heterocycles. The third kappa shape index (κ3) is 3.15. The van der Waals surface area contributed by atoms with E-state index < -0.39 is 0 Å². The van der Waals surface area contributed by atoms with Crippen molar-refractivity contribution in [1.29, 1.82) is 0 Å². The Hall–Kier alpha value is -1.70. The molecule has 0 spiro atoms. The lowest BCUT2D eigenvalue weighted by atomic mass is 10.2. The highest BCUT2D eigenvalue weighted by molar-refractivity contribution is 9.10. The van der Waals surface area contributed by atoms with Crippen LogP contribution in [0.4, 0.5) is 5.13 Å². The number of amides is 1. The molecule has 3 rings (SSSR count). The van der Waals surface area contributed by atoms with Crippen molar-refractivity contribution < 1.29 is 9.21 Å². The first-order chi connectivity index (χ1) is 10.1. The average Bonchev–Trinajstić information content (AvgIpc) is 3.08. The number of hydrogen-bond donors (Lipinski definition) is 1. The third-order valence-electron chi connectivity index (χ3n) is 2.58. The first kappa shape index (κ1) is 14.2. The molecule has 0 bridgehead atoms. The second-order valence-corrected chi connectivity index (χ2v) is 6.15. The number of nitrogens with zero attached hydrogens (tertiary/aromatic N) is 2. The van der Waals surface area contributed by atoms with Crippen LogP contribution in [0.3, 0.4) is 0 Å². The highest BCUT2D eigenvalue weighted by atomic mass is 79.9. The lowest BCUT2D eigenvalue weighted by Crippen LogP contribution is -2.10. The summed E-state index contributed by atoms with van der Waals surface area (Å²) in [6.45, 7) is 0. The number of carbonyl (C=O) groups is 1. The average molecular weight is 385 g/mol. The van der Waals surface area contributed by atoms with Crippen molar-refractivity contribution in [2.45, 2.75) is 0 Å². The van der Waals surface area contributed by atoms with Crippen molar-refractivity contribution in [2.75, 3.05) is 5.32 Å². The zero-order valence-electron chi connectivity index (χ0n) is 10.3. The standard InChI is InChI=1S/C13H7BrClN3O2S/c14-10-5-7(6-20-10)11(19)16-13-18-17-12(21-13)8-3-1-2-4-9(8)15/h1-6H,(H,16,18,19). The number of carbonyl (C=O) groups excluding carboxylic acids is 1. The highest BCUT2D eigenvalue weighted by Gasteiger charge is 2.14. The third-order valence-corrected chi connectivity index (χ3v) is 4.20. The van der Waals surface area contributed by atoms with Crippen molar-refractivity contribution in [2.24, 2.45) is 0 Å². The molecule has 1 N–H and O–H groups in total. The Kier molecular flexibility index (Phi) is 4.05. The zero-order chi connectivity index (χ0) is 14.8. The number of anilines is 1. The van der Waals surface area contributed by atoms with Crippen LogP contribution in [-0.2, 0) is 0 Å². The molecule has 106 valence electrons. The predicted octanol–water partition coefficient (Wildman–Crippen LogP) is 4.47. The van der Waals surface area contributed by atoms with E-state index in [9.17, 15) is 4.79 Å². The van der Waals surface area contributed by atoms with E-state index >= 15 is 0 Å². The fourth-order valence-corrected chi connectivity index (χ4v) is 3.02. The van der Waals surface area contributed by atoms with Crippen LogP contribution in [0.25, 0.3) is 10.6 Å². The minimum absolute atomic E-state index is 0.314. The van der Waals surface area contributed by atoms with Gasteiger partial charge in [0.25, 0.3) is 5.91 Å².